The van der Waals surface area contributed by atoms with Crippen molar-refractivity contribution in [3.8, 4) is 5.75 Å². The number of ether oxygens (including phenoxy) is 1. The molecule has 2 aliphatic rings. The van der Waals surface area contributed by atoms with E-state index in [1.807, 2.05) is 12.1 Å². The monoisotopic (exact) mass is 316 g/mol. The second kappa shape index (κ2) is 7.02. The summed E-state index contributed by atoms with van der Waals surface area (Å²) in [6.45, 7) is 2.85. The van der Waals surface area contributed by atoms with Crippen LogP contribution in [-0.2, 0) is 16.0 Å². The second-order valence-corrected chi connectivity index (χ2v) is 6.49. The molecule has 0 saturated heterocycles. The lowest BCUT2D eigenvalue weighted by Crippen LogP contribution is -2.43. The topological polar surface area (TPSA) is 67.4 Å². The fourth-order valence-electron chi connectivity index (χ4n) is 3.50. The predicted octanol–water partition coefficient (Wildman–Crippen LogP) is 2.65. The SMILES string of the molecule is CCC1CCCC(NC(=O)C(=O)Nc2ccc3c(c2)CCO3)C1. The molecule has 0 spiro atoms. The first-order valence-electron chi connectivity index (χ1n) is 8.53. The Balaban J connectivity index is 1.54. The number of hydrogen-bond acceptors (Lipinski definition) is 3. The van der Waals surface area contributed by atoms with Crippen LogP contribution in [0.5, 0.6) is 5.75 Å². The van der Waals surface area contributed by atoms with E-state index in [1.165, 1.54) is 6.42 Å². The number of rotatable bonds is 3. The van der Waals surface area contributed by atoms with Gasteiger partial charge in [-0.15, -0.1) is 0 Å². The van der Waals surface area contributed by atoms with Gasteiger partial charge in [-0.05, 0) is 42.5 Å². The van der Waals surface area contributed by atoms with Crippen LogP contribution in [0.15, 0.2) is 18.2 Å². The minimum Gasteiger partial charge on any atom is -0.493 e. The number of carbonyl (C=O) groups excluding carboxylic acids is 2. The third kappa shape index (κ3) is 3.84. The highest BCUT2D eigenvalue weighted by Crippen LogP contribution is 2.28. The highest BCUT2D eigenvalue weighted by atomic mass is 16.5. The van der Waals surface area contributed by atoms with Crippen molar-refractivity contribution in [3.05, 3.63) is 23.8 Å². The van der Waals surface area contributed by atoms with Gasteiger partial charge in [0.2, 0.25) is 0 Å². The van der Waals surface area contributed by atoms with Gasteiger partial charge >= 0.3 is 11.8 Å². The van der Waals surface area contributed by atoms with Gasteiger partial charge in [-0.1, -0.05) is 26.2 Å². The number of carbonyl (C=O) groups is 2. The molecular weight excluding hydrogens is 292 g/mol. The van der Waals surface area contributed by atoms with E-state index < -0.39 is 11.8 Å². The molecule has 0 radical (unpaired) electrons. The summed E-state index contributed by atoms with van der Waals surface area (Å²) in [5.74, 6) is 0.389. The maximum Gasteiger partial charge on any atom is 0.313 e. The van der Waals surface area contributed by atoms with E-state index in [4.69, 9.17) is 4.74 Å². The summed E-state index contributed by atoms with van der Waals surface area (Å²) in [5.41, 5.74) is 1.71. The fourth-order valence-corrected chi connectivity index (χ4v) is 3.50. The van der Waals surface area contributed by atoms with Crippen molar-refractivity contribution in [2.75, 3.05) is 11.9 Å². The van der Waals surface area contributed by atoms with E-state index >= 15 is 0 Å². The minimum absolute atomic E-state index is 0.125. The van der Waals surface area contributed by atoms with E-state index in [0.717, 1.165) is 43.4 Å². The van der Waals surface area contributed by atoms with Crippen LogP contribution in [0.25, 0.3) is 0 Å². The van der Waals surface area contributed by atoms with Gasteiger partial charge in [0.25, 0.3) is 0 Å². The Morgan fingerprint density at radius 3 is 2.96 bits per heavy atom. The number of benzene rings is 1. The molecule has 124 valence electrons. The van der Waals surface area contributed by atoms with Crippen molar-refractivity contribution in [2.45, 2.75) is 51.5 Å². The highest BCUT2D eigenvalue weighted by Gasteiger charge is 2.24. The molecule has 2 N–H and O–H groups in total. The maximum absolute atomic E-state index is 12.1. The Labute approximate surface area is 136 Å². The molecule has 2 amide bonds. The molecule has 1 fully saturated rings. The molecule has 3 rings (SSSR count). The molecule has 5 nitrogen and oxygen atoms in total. The lowest BCUT2D eigenvalue weighted by Gasteiger charge is -2.28. The fraction of sp³-hybridized carbons (Fsp3) is 0.556. The number of anilines is 1. The Hall–Kier alpha value is -2.04. The summed E-state index contributed by atoms with van der Waals surface area (Å²) in [7, 11) is 0. The molecule has 1 saturated carbocycles. The molecule has 23 heavy (non-hydrogen) atoms. The smallest absolute Gasteiger partial charge is 0.313 e. The summed E-state index contributed by atoms with van der Waals surface area (Å²) in [5, 5.41) is 5.56. The summed E-state index contributed by atoms with van der Waals surface area (Å²) in [6, 6.07) is 5.60. The third-order valence-corrected chi connectivity index (χ3v) is 4.85. The number of hydrogen-bond donors (Lipinski definition) is 2. The zero-order valence-corrected chi connectivity index (χ0v) is 13.6. The van der Waals surface area contributed by atoms with Crippen LogP contribution in [0, 0.1) is 5.92 Å². The van der Waals surface area contributed by atoms with Gasteiger partial charge in [0.15, 0.2) is 0 Å². The highest BCUT2D eigenvalue weighted by molar-refractivity contribution is 6.39. The Morgan fingerprint density at radius 1 is 1.26 bits per heavy atom. The van der Waals surface area contributed by atoms with Crippen molar-refractivity contribution < 1.29 is 14.3 Å². The van der Waals surface area contributed by atoms with Gasteiger partial charge in [0, 0.05) is 18.2 Å². The summed E-state index contributed by atoms with van der Waals surface area (Å²) in [6.07, 6.45) is 6.26. The van der Waals surface area contributed by atoms with Gasteiger partial charge in [0.1, 0.15) is 5.75 Å². The van der Waals surface area contributed by atoms with Crippen LogP contribution in [0.4, 0.5) is 5.69 Å². The summed E-state index contributed by atoms with van der Waals surface area (Å²) in [4.78, 5) is 24.2. The number of fused-ring (bicyclic) bond motifs is 1. The van der Waals surface area contributed by atoms with Crippen molar-refractivity contribution in [1.29, 1.82) is 0 Å². The van der Waals surface area contributed by atoms with Crippen LogP contribution >= 0.6 is 0 Å². The molecule has 1 aromatic carbocycles. The zero-order valence-electron chi connectivity index (χ0n) is 13.6. The summed E-state index contributed by atoms with van der Waals surface area (Å²) < 4.78 is 5.44. The normalized spacial score (nSPS) is 22.8. The van der Waals surface area contributed by atoms with Crippen LogP contribution in [0.3, 0.4) is 0 Å². The molecule has 1 heterocycles. The number of amides is 2. The average molecular weight is 316 g/mol. The molecule has 1 aliphatic carbocycles. The Kier molecular flexibility index (Phi) is 4.84. The standard InChI is InChI=1S/C18H24N2O3/c1-2-12-4-3-5-14(10-12)19-17(21)18(22)20-15-6-7-16-13(11-15)8-9-23-16/h6-7,11-12,14H,2-5,8-10H2,1H3,(H,19,21)(H,20,22). The van der Waals surface area contributed by atoms with Crippen LogP contribution in [0.2, 0.25) is 0 Å². The molecule has 0 aromatic heterocycles. The predicted molar refractivity (Wildman–Crippen MR) is 88.5 cm³/mol. The van der Waals surface area contributed by atoms with Gasteiger partial charge in [-0.2, -0.15) is 0 Å². The van der Waals surface area contributed by atoms with E-state index in [-0.39, 0.29) is 6.04 Å². The first-order chi connectivity index (χ1) is 11.2. The first-order valence-corrected chi connectivity index (χ1v) is 8.53. The zero-order chi connectivity index (χ0) is 16.2. The van der Waals surface area contributed by atoms with E-state index in [1.54, 1.807) is 6.07 Å². The molecule has 5 heteroatoms. The Bertz CT molecular complexity index is 600. The van der Waals surface area contributed by atoms with Gasteiger partial charge < -0.3 is 15.4 Å². The molecule has 2 atom stereocenters. The third-order valence-electron chi connectivity index (χ3n) is 4.85. The van der Waals surface area contributed by atoms with Gasteiger partial charge in [0.05, 0.1) is 6.61 Å². The van der Waals surface area contributed by atoms with Crippen LogP contribution in [0.1, 0.15) is 44.6 Å². The average Bonchev–Trinajstić information content (AvgIpc) is 3.02. The molecule has 1 aliphatic heterocycles. The van der Waals surface area contributed by atoms with Crippen LogP contribution in [-0.4, -0.2) is 24.5 Å². The quantitative estimate of drug-likeness (QED) is 0.843. The van der Waals surface area contributed by atoms with Crippen LogP contribution < -0.4 is 15.4 Å². The minimum atomic E-state index is -0.595. The first kappa shape index (κ1) is 15.8. The van der Waals surface area contributed by atoms with Crippen molar-refractivity contribution in [1.82, 2.24) is 5.32 Å². The molecular formula is C18H24N2O3. The van der Waals surface area contributed by atoms with E-state index in [2.05, 4.69) is 17.6 Å². The summed E-state index contributed by atoms with van der Waals surface area (Å²) >= 11 is 0. The molecule has 1 aromatic rings. The lowest BCUT2D eigenvalue weighted by molar-refractivity contribution is -0.136. The van der Waals surface area contributed by atoms with E-state index in [9.17, 15) is 9.59 Å². The Morgan fingerprint density at radius 2 is 2.13 bits per heavy atom. The number of nitrogens with one attached hydrogen (secondary N) is 2. The lowest BCUT2D eigenvalue weighted by atomic mass is 9.84. The molecule has 2 unspecified atom stereocenters. The maximum atomic E-state index is 12.1. The molecule has 0 bridgehead atoms. The van der Waals surface area contributed by atoms with E-state index in [0.29, 0.717) is 18.2 Å². The second-order valence-electron chi connectivity index (χ2n) is 6.49. The van der Waals surface area contributed by atoms with Gasteiger partial charge in [-0.3, -0.25) is 9.59 Å². The largest absolute Gasteiger partial charge is 0.493 e. The van der Waals surface area contributed by atoms with Crippen molar-refractivity contribution in [3.63, 3.8) is 0 Å². The van der Waals surface area contributed by atoms with Crippen molar-refractivity contribution in [2.24, 2.45) is 5.92 Å². The van der Waals surface area contributed by atoms with Gasteiger partial charge in [-0.25, -0.2) is 0 Å². The van der Waals surface area contributed by atoms with Crippen molar-refractivity contribution >= 4 is 17.5 Å².